The SMILES string of the molecule is COCCN1CCC(=O)c2cnc(C)nc21. The summed E-state index contributed by atoms with van der Waals surface area (Å²) in [5.41, 5.74) is 0.632. The van der Waals surface area contributed by atoms with Crippen LogP contribution in [-0.4, -0.2) is 42.6 Å². The van der Waals surface area contributed by atoms with Gasteiger partial charge in [-0.15, -0.1) is 0 Å². The number of aryl methyl sites for hydroxylation is 1. The zero-order chi connectivity index (χ0) is 11.5. The molecule has 2 heterocycles. The molecule has 86 valence electrons. The van der Waals surface area contributed by atoms with Gasteiger partial charge in [0.15, 0.2) is 5.78 Å². The highest BCUT2D eigenvalue weighted by Crippen LogP contribution is 2.23. The number of anilines is 1. The molecule has 0 aliphatic carbocycles. The Hall–Kier alpha value is -1.49. The highest BCUT2D eigenvalue weighted by Gasteiger charge is 2.24. The van der Waals surface area contributed by atoms with E-state index in [1.165, 1.54) is 0 Å². The number of ketones is 1. The van der Waals surface area contributed by atoms with E-state index in [2.05, 4.69) is 14.9 Å². The maximum Gasteiger partial charge on any atom is 0.169 e. The van der Waals surface area contributed by atoms with Gasteiger partial charge in [-0.3, -0.25) is 4.79 Å². The molecule has 5 nitrogen and oxygen atoms in total. The molecule has 0 unspecified atom stereocenters. The number of nitrogens with zero attached hydrogens (tertiary/aromatic N) is 3. The molecule has 0 spiro atoms. The van der Waals surface area contributed by atoms with Gasteiger partial charge in [0, 0.05) is 32.8 Å². The van der Waals surface area contributed by atoms with E-state index in [9.17, 15) is 4.79 Å². The molecule has 2 rings (SSSR count). The monoisotopic (exact) mass is 221 g/mol. The third-order valence-electron chi connectivity index (χ3n) is 2.66. The lowest BCUT2D eigenvalue weighted by atomic mass is 10.1. The third-order valence-corrected chi connectivity index (χ3v) is 2.66. The van der Waals surface area contributed by atoms with Crippen LogP contribution in [0, 0.1) is 6.92 Å². The molecule has 0 aromatic carbocycles. The minimum absolute atomic E-state index is 0.128. The van der Waals surface area contributed by atoms with Crippen molar-refractivity contribution in [1.29, 1.82) is 0 Å². The Balaban J connectivity index is 2.30. The van der Waals surface area contributed by atoms with Gasteiger partial charge in [-0.1, -0.05) is 0 Å². The molecule has 1 aromatic rings. The van der Waals surface area contributed by atoms with Gasteiger partial charge in [0.1, 0.15) is 11.6 Å². The molecule has 0 amide bonds. The summed E-state index contributed by atoms with van der Waals surface area (Å²) in [5.74, 6) is 1.57. The highest BCUT2D eigenvalue weighted by molar-refractivity contribution is 6.02. The lowest BCUT2D eigenvalue weighted by Crippen LogP contribution is -2.35. The molecule has 0 radical (unpaired) electrons. The number of Topliss-reactive ketones (excluding diaryl/α,β-unsaturated/α-hetero) is 1. The fourth-order valence-electron chi connectivity index (χ4n) is 1.79. The first kappa shape index (κ1) is 11.0. The van der Waals surface area contributed by atoms with Gasteiger partial charge in [0.25, 0.3) is 0 Å². The van der Waals surface area contributed by atoms with Crippen LogP contribution in [0.1, 0.15) is 22.6 Å². The van der Waals surface area contributed by atoms with E-state index in [1.54, 1.807) is 13.3 Å². The third kappa shape index (κ3) is 2.04. The second-order valence-corrected chi connectivity index (χ2v) is 3.81. The number of aromatic nitrogens is 2. The molecule has 0 fully saturated rings. The summed E-state index contributed by atoms with van der Waals surface area (Å²) in [6.45, 7) is 3.93. The molecule has 0 atom stereocenters. The Kier molecular flexibility index (Phi) is 3.14. The van der Waals surface area contributed by atoms with Gasteiger partial charge < -0.3 is 9.64 Å². The zero-order valence-corrected chi connectivity index (χ0v) is 9.56. The first-order valence-electron chi connectivity index (χ1n) is 5.33. The van der Waals surface area contributed by atoms with E-state index in [-0.39, 0.29) is 5.78 Å². The van der Waals surface area contributed by atoms with Crippen molar-refractivity contribution in [2.24, 2.45) is 0 Å². The van der Waals surface area contributed by atoms with Crippen molar-refractivity contribution in [3.63, 3.8) is 0 Å². The van der Waals surface area contributed by atoms with Gasteiger partial charge in [-0.25, -0.2) is 9.97 Å². The number of fused-ring (bicyclic) bond motifs is 1. The van der Waals surface area contributed by atoms with Crippen LogP contribution < -0.4 is 4.90 Å². The Morgan fingerprint density at radius 1 is 1.56 bits per heavy atom. The zero-order valence-electron chi connectivity index (χ0n) is 9.56. The predicted octanol–water partition coefficient (Wildman–Crippen LogP) is 0.824. The standard InChI is InChI=1S/C11H15N3O2/c1-8-12-7-9-10(15)3-4-14(5-6-16-2)11(9)13-8/h7H,3-6H2,1-2H3. The Morgan fingerprint density at radius 3 is 3.12 bits per heavy atom. The molecule has 0 bridgehead atoms. The van der Waals surface area contributed by atoms with Crippen molar-refractivity contribution >= 4 is 11.6 Å². The fourth-order valence-corrected chi connectivity index (χ4v) is 1.79. The molecule has 0 N–H and O–H groups in total. The summed E-state index contributed by atoms with van der Waals surface area (Å²) in [5, 5.41) is 0. The summed E-state index contributed by atoms with van der Waals surface area (Å²) in [4.78, 5) is 22.2. The summed E-state index contributed by atoms with van der Waals surface area (Å²) < 4.78 is 5.05. The van der Waals surface area contributed by atoms with E-state index >= 15 is 0 Å². The number of ether oxygens (including phenoxy) is 1. The van der Waals surface area contributed by atoms with Gasteiger partial charge in [-0.05, 0) is 6.92 Å². The lowest BCUT2D eigenvalue weighted by Gasteiger charge is -2.28. The summed E-state index contributed by atoms with van der Waals surface area (Å²) in [6, 6.07) is 0. The van der Waals surface area contributed by atoms with Crippen LogP contribution in [0.25, 0.3) is 0 Å². The summed E-state index contributed by atoms with van der Waals surface area (Å²) >= 11 is 0. The van der Waals surface area contributed by atoms with Gasteiger partial charge in [0.05, 0.1) is 12.2 Å². The number of rotatable bonds is 3. The molecular weight excluding hydrogens is 206 g/mol. The second kappa shape index (κ2) is 4.57. The van der Waals surface area contributed by atoms with E-state index in [0.29, 0.717) is 31.0 Å². The normalized spacial score (nSPS) is 15.1. The van der Waals surface area contributed by atoms with E-state index < -0.39 is 0 Å². The molecule has 1 aliphatic heterocycles. The van der Waals surface area contributed by atoms with Gasteiger partial charge >= 0.3 is 0 Å². The molecular formula is C11H15N3O2. The second-order valence-electron chi connectivity index (χ2n) is 3.81. The van der Waals surface area contributed by atoms with Crippen molar-refractivity contribution < 1.29 is 9.53 Å². The number of hydrogen-bond acceptors (Lipinski definition) is 5. The topological polar surface area (TPSA) is 55.3 Å². The predicted molar refractivity (Wildman–Crippen MR) is 59.8 cm³/mol. The molecule has 16 heavy (non-hydrogen) atoms. The van der Waals surface area contributed by atoms with Crippen LogP contribution in [0.15, 0.2) is 6.20 Å². The molecule has 1 aliphatic rings. The van der Waals surface area contributed by atoms with E-state index in [4.69, 9.17) is 4.74 Å². The van der Waals surface area contributed by atoms with Gasteiger partial charge in [-0.2, -0.15) is 0 Å². The molecule has 0 saturated heterocycles. The van der Waals surface area contributed by atoms with Crippen molar-refractivity contribution in [3.05, 3.63) is 17.6 Å². The van der Waals surface area contributed by atoms with E-state index in [0.717, 1.165) is 12.4 Å². The first-order chi connectivity index (χ1) is 7.72. The van der Waals surface area contributed by atoms with Crippen molar-refractivity contribution in [2.45, 2.75) is 13.3 Å². The van der Waals surface area contributed by atoms with Gasteiger partial charge in [0.2, 0.25) is 0 Å². The number of carbonyl (C=O) groups is 1. The summed E-state index contributed by atoms with van der Waals surface area (Å²) in [7, 11) is 1.67. The average molecular weight is 221 g/mol. The van der Waals surface area contributed by atoms with Crippen molar-refractivity contribution in [1.82, 2.24) is 9.97 Å². The van der Waals surface area contributed by atoms with Crippen LogP contribution in [0.3, 0.4) is 0 Å². The summed E-state index contributed by atoms with van der Waals surface area (Å²) in [6.07, 6.45) is 2.15. The highest BCUT2D eigenvalue weighted by atomic mass is 16.5. The van der Waals surface area contributed by atoms with Crippen molar-refractivity contribution in [3.8, 4) is 0 Å². The Labute approximate surface area is 94.5 Å². The average Bonchev–Trinajstić information content (AvgIpc) is 2.28. The fraction of sp³-hybridized carbons (Fsp3) is 0.545. The number of hydrogen-bond donors (Lipinski definition) is 0. The minimum Gasteiger partial charge on any atom is -0.383 e. The van der Waals surface area contributed by atoms with E-state index in [1.807, 2.05) is 6.92 Å². The quantitative estimate of drug-likeness (QED) is 0.756. The van der Waals surface area contributed by atoms with Crippen LogP contribution in [0.4, 0.5) is 5.82 Å². The Morgan fingerprint density at radius 2 is 2.38 bits per heavy atom. The van der Waals surface area contributed by atoms with Crippen LogP contribution in [-0.2, 0) is 4.74 Å². The number of carbonyl (C=O) groups excluding carboxylic acids is 1. The number of methoxy groups -OCH3 is 1. The Bertz CT molecular complexity index is 406. The largest absolute Gasteiger partial charge is 0.383 e. The maximum absolute atomic E-state index is 11.7. The first-order valence-corrected chi connectivity index (χ1v) is 5.33. The molecule has 1 aromatic heterocycles. The van der Waals surface area contributed by atoms with Crippen molar-refractivity contribution in [2.75, 3.05) is 31.7 Å². The van der Waals surface area contributed by atoms with Crippen LogP contribution in [0.5, 0.6) is 0 Å². The minimum atomic E-state index is 0.128. The van der Waals surface area contributed by atoms with Crippen LogP contribution in [0.2, 0.25) is 0 Å². The maximum atomic E-state index is 11.7. The molecule has 0 saturated carbocycles. The molecule has 5 heteroatoms. The van der Waals surface area contributed by atoms with Crippen LogP contribution >= 0.6 is 0 Å². The smallest absolute Gasteiger partial charge is 0.169 e. The lowest BCUT2D eigenvalue weighted by molar-refractivity contribution is 0.0977.